The lowest BCUT2D eigenvalue weighted by Gasteiger charge is -2.35. The van der Waals surface area contributed by atoms with Gasteiger partial charge in [0, 0.05) is 24.0 Å². The highest BCUT2D eigenvalue weighted by Gasteiger charge is 2.33. The Balaban J connectivity index is 1.54. The number of nitrogens with one attached hydrogen (secondary N) is 1. The molecule has 0 radical (unpaired) electrons. The van der Waals surface area contributed by atoms with Crippen molar-refractivity contribution in [1.29, 1.82) is 0 Å². The number of amides is 2. The number of hydrogen-bond donors (Lipinski definition) is 1. The van der Waals surface area contributed by atoms with Gasteiger partial charge in [0.1, 0.15) is 6.54 Å². The number of nitrogens with zero attached hydrogens (tertiary/aromatic N) is 2. The van der Waals surface area contributed by atoms with Gasteiger partial charge in [0.15, 0.2) is 0 Å². The van der Waals surface area contributed by atoms with Crippen LogP contribution in [0.1, 0.15) is 52.4 Å². The van der Waals surface area contributed by atoms with Gasteiger partial charge in [-0.15, -0.1) is 11.8 Å². The Morgan fingerprint density at radius 2 is 1.88 bits per heavy atom. The number of thioether (sulfide) groups is 1. The number of carbonyl (C=O) groups excluding carboxylic acids is 2. The topological polar surface area (TPSA) is 86.8 Å². The van der Waals surface area contributed by atoms with Crippen LogP contribution in [0, 0.1) is 11.8 Å². The largest absolute Gasteiger partial charge is 0.352 e. The molecule has 9 heteroatoms. The summed E-state index contributed by atoms with van der Waals surface area (Å²) in [5.74, 6) is 0.843. The molecule has 2 fully saturated rings. The van der Waals surface area contributed by atoms with E-state index in [0.29, 0.717) is 30.6 Å². The highest BCUT2D eigenvalue weighted by Crippen LogP contribution is 2.37. The molecule has 1 aromatic carbocycles. The SMILES string of the molecule is CC1CCCC(NC(=O)CN2C(=O)CSc3ccc(S(=O)(=O)N4CCCCC4)cc32)C1C. The minimum atomic E-state index is -3.62. The monoisotopic (exact) mass is 479 g/mol. The van der Waals surface area contributed by atoms with Crippen LogP contribution < -0.4 is 10.2 Å². The van der Waals surface area contributed by atoms with Crippen molar-refractivity contribution in [2.75, 3.05) is 30.3 Å². The molecule has 0 bridgehead atoms. The number of benzene rings is 1. The maximum Gasteiger partial charge on any atom is 0.243 e. The predicted molar refractivity (Wildman–Crippen MR) is 126 cm³/mol. The van der Waals surface area contributed by atoms with Crippen molar-refractivity contribution in [1.82, 2.24) is 9.62 Å². The number of hydrogen-bond acceptors (Lipinski definition) is 5. The van der Waals surface area contributed by atoms with Crippen LogP contribution in [-0.4, -0.2) is 56.0 Å². The summed E-state index contributed by atoms with van der Waals surface area (Å²) in [6.45, 7) is 5.35. The van der Waals surface area contributed by atoms with Crippen LogP contribution in [0.4, 0.5) is 5.69 Å². The molecule has 1 saturated carbocycles. The molecule has 7 nitrogen and oxygen atoms in total. The van der Waals surface area contributed by atoms with Crippen molar-refractivity contribution in [2.24, 2.45) is 11.8 Å². The average molecular weight is 480 g/mol. The number of anilines is 1. The van der Waals surface area contributed by atoms with Crippen LogP contribution >= 0.6 is 11.8 Å². The van der Waals surface area contributed by atoms with Gasteiger partial charge in [-0.2, -0.15) is 4.31 Å². The van der Waals surface area contributed by atoms with E-state index in [1.807, 2.05) is 0 Å². The van der Waals surface area contributed by atoms with Gasteiger partial charge in [-0.3, -0.25) is 9.59 Å². The second-order valence-corrected chi connectivity index (χ2v) is 12.3. The maximum atomic E-state index is 13.1. The zero-order valence-electron chi connectivity index (χ0n) is 18.9. The molecule has 1 aliphatic carbocycles. The number of fused-ring (bicyclic) bond motifs is 1. The molecular weight excluding hydrogens is 446 g/mol. The summed E-state index contributed by atoms with van der Waals surface area (Å²) in [7, 11) is -3.62. The zero-order valence-corrected chi connectivity index (χ0v) is 20.5. The number of carbonyl (C=O) groups is 2. The van der Waals surface area contributed by atoms with E-state index in [1.165, 1.54) is 27.4 Å². The van der Waals surface area contributed by atoms with Crippen molar-refractivity contribution >= 4 is 39.3 Å². The summed E-state index contributed by atoms with van der Waals surface area (Å²) in [6.07, 6.45) is 6.00. The van der Waals surface area contributed by atoms with Gasteiger partial charge in [0.05, 0.1) is 16.3 Å². The molecule has 2 aliphatic heterocycles. The zero-order chi connectivity index (χ0) is 22.9. The predicted octanol–water partition coefficient (Wildman–Crippen LogP) is 3.24. The molecule has 3 unspecified atom stereocenters. The fourth-order valence-electron chi connectivity index (χ4n) is 4.95. The number of sulfonamides is 1. The van der Waals surface area contributed by atoms with Crippen LogP contribution in [0.5, 0.6) is 0 Å². The Morgan fingerprint density at radius 3 is 2.62 bits per heavy atom. The highest BCUT2D eigenvalue weighted by molar-refractivity contribution is 8.00. The Bertz CT molecular complexity index is 975. The third kappa shape index (κ3) is 4.84. The lowest BCUT2D eigenvalue weighted by Crippen LogP contribution is -2.49. The van der Waals surface area contributed by atoms with E-state index in [4.69, 9.17) is 0 Å². The second-order valence-electron chi connectivity index (χ2n) is 9.30. The van der Waals surface area contributed by atoms with Gasteiger partial charge in [-0.1, -0.05) is 33.1 Å². The molecule has 1 saturated heterocycles. The Kier molecular flexibility index (Phi) is 7.17. The van der Waals surface area contributed by atoms with Gasteiger partial charge in [-0.05, 0) is 49.3 Å². The Morgan fingerprint density at radius 1 is 1.12 bits per heavy atom. The summed E-state index contributed by atoms with van der Waals surface area (Å²) in [4.78, 5) is 28.1. The molecule has 1 aromatic rings. The Hall–Kier alpha value is -1.58. The van der Waals surface area contributed by atoms with Crippen LogP contribution in [0.3, 0.4) is 0 Å². The summed E-state index contributed by atoms with van der Waals surface area (Å²) >= 11 is 1.39. The molecule has 32 heavy (non-hydrogen) atoms. The minimum absolute atomic E-state index is 0.0861. The molecule has 176 valence electrons. The number of piperidine rings is 1. The lowest BCUT2D eigenvalue weighted by molar-refractivity contribution is -0.124. The standard InChI is InChI=1S/C23H33N3O4S2/c1-16-7-6-8-19(17(16)2)24-22(27)14-26-20-13-18(9-10-21(20)31-15-23(26)28)32(29,30)25-11-4-3-5-12-25/h9-10,13,16-17,19H,3-8,11-12,14-15H2,1-2H3,(H,24,27). The summed E-state index contributed by atoms with van der Waals surface area (Å²) in [6, 6.07) is 5.07. The first-order valence-corrected chi connectivity index (χ1v) is 14.1. The fourth-order valence-corrected chi connectivity index (χ4v) is 7.41. The van der Waals surface area contributed by atoms with Crippen molar-refractivity contribution in [3.8, 4) is 0 Å². The summed E-state index contributed by atoms with van der Waals surface area (Å²) in [5.41, 5.74) is 0.518. The van der Waals surface area contributed by atoms with Crippen LogP contribution in [0.15, 0.2) is 28.0 Å². The maximum absolute atomic E-state index is 13.1. The van der Waals surface area contributed by atoms with Crippen LogP contribution in [0.2, 0.25) is 0 Å². The molecule has 0 spiro atoms. The van der Waals surface area contributed by atoms with E-state index in [1.54, 1.807) is 18.2 Å². The van der Waals surface area contributed by atoms with E-state index in [2.05, 4.69) is 19.2 Å². The van der Waals surface area contributed by atoms with E-state index in [-0.39, 0.29) is 35.0 Å². The molecule has 0 aromatic heterocycles. The van der Waals surface area contributed by atoms with Crippen molar-refractivity contribution < 1.29 is 18.0 Å². The lowest BCUT2D eigenvalue weighted by atomic mass is 9.78. The first-order valence-electron chi connectivity index (χ1n) is 11.6. The van der Waals surface area contributed by atoms with Crippen molar-refractivity contribution in [2.45, 2.75) is 68.2 Å². The van der Waals surface area contributed by atoms with Crippen molar-refractivity contribution in [3.63, 3.8) is 0 Å². The fraction of sp³-hybridized carbons (Fsp3) is 0.652. The van der Waals surface area contributed by atoms with Gasteiger partial charge < -0.3 is 10.2 Å². The highest BCUT2D eigenvalue weighted by atomic mass is 32.2. The molecule has 1 N–H and O–H groups in total. The van der Waals surface area contributed by atoms with Gasteiger partial charge in [0.25, 0.3) is 0 Å². The van der Waals surface area contributed by atoms with Crippen LogP contribution in [-0.2, 0) is 19.6 Å². The van der Waals surface area contributed by atoms with E-state index in [0.717, 1.165) is 37.0 Å². The van der Waals surface area contributed by atoms with Crippen LogP contribution in [0.25, 0.3) is 0 Å². The minimum Gasteiger partial charge on any atom is -0.352 e. The molecular formula is C23H33N3O4S2. The third-order valence-corrected chi connectivity index (χ3v) is 10.1. The first-order chi connectivity index (χ1) is 15.3. The molecule has 3 atom stereocenters. The Labute approximate surface area is 195 Å². The van der Waals surface area contributed by atoms with Gasteiger partial charge >= 0.3 is 0 Å². The smallest absolute Gasteiger partial charge is 0.243 e. The molecule has 2 amide bonds. The first kappa shape index (κ1) is 23.6. The summed E-state index contributed by atoms with van der Waals surface area (Å²) < 4.78 is 27.8. The quantitative estimate of drug-likeness (QED) is 0.701. The molecule has 4 rings (SSSR count). The van der Waals surface area contributed by atoms with Gasteiger partial charge in [-0.25, -0.2) is 8.42 Å². The van der Waals surface area contributed by atoms with Crippen molar-refractivity contribution in [3.05, 3.63) is 18.2 Å². The summed E-state index contributed by atoms with van der Waals surface area (Å²) in [5, 5.41) is 3.13. The number of rotatable bonds is 5. The van der Waals surface area contributed by atoms with E-state index in [9.17, 15) is 18.0 Å². The normalized spacial score (nSPS) is 27.1. The average Bonchev–Trinajstić information content (AvgIpc) is 2.79. The third-order valence-electron chi connectivity index (χ3n) is 7.18. The molecule has 2 heterocycles. The van der Waals surface area contributed by atoms with Gasteiger partial charge in [0.2, 0.25) is 21.8 Å². The second kappa shape index (κ2) is 9.73. The van der Waals surface area contributed by atoms with E-state index < -0.39 is 10.0 Å². The molecule has 3 aliphatic rings. The van der Waals surface area contributed by atoms with E-state index >= 15 is 0 Å².